The van der Waals surface area contributed by atoms with Crippen molar-refractivity contribution in [2.24, 2.45) is 5.92 Å². The lowest BCUT2D eigenvalue weighted by Crippen LogP contribution is -2.56. The Hall–Kier alpha value is -11.9. The topological polar surface area (TPSA) is 300 Å². The number of unbranched alkanes of at least 4 members (excludes halogenated alkanes) is 5. The number of fused-ring (bicyclic) bond motifs is 3. The van der Waals surface area contributed by atoms with Gasteiger partial charge in [-0.2, -0.15) is 0 Å². The first-order valence-corrected chi connectivity index (χ1v) is 56.0. The van der Waals surface area contributed by atoms with Crippen LogP contribution in [0.3, 0.4) is 0 Å². The van der Waals surface area contributed by atoms with Gasteiger partial charge in [-0.25, -0.2) is 29.4 Å². The maximum absolute atomic E-state index is 13.6. The van der Waals surface area contributed by atoms with Crippen LogP contribution < -0.4 is 60.0 Å². The van der Waals surface area contributed by atoms with Crippen LogP contribution in [0.1, 0.15) is 283 Å². The van der Waals surface area contributed by atoms with E-state index in [1.165, 1.54) is 226 Å². The van der Waals surface area contributed by atoms with Crippen molar-refractivity contribution in [1.82, 2.24) is 4.90 Å². The SMILES string of the molecule is CC.CCCCCCC1CCCC[N+]2=C1N(c1cc(O)c3ccccc3c1[O-])CCC2.CCCCN(CCCC)C1CCCC[N+]2=C1N(c1cc(O)c3ccccc3c1[O-])CCC2.Cc1c(O)cc(N2CCC[N+]3=C2CCCCC3)c([O-])c1C.[O-]c1c(N2CCC[N+]3=C2CCCCC3)cc(O)c2ccccc12.[O-]c1ccc(O)cc1N1CCC[N+]2=C1CCCCC2.[O-]c1ccc(O)cc1N1CCC[N+]2=C1CCCCC2. The zero-order valence-electron chi connectivity index (χ0n) is 88.1. The van der Waals surface area contributed by atoms with E-state index in [4.69, 9.17) is 0 Å². The van der Waals surface area contributed by atoms with Gasteiger partial charge in [-0.1, -0.05) is 193 Å². The largest absolute Gasteiger partial charge is 0.870 e. The Bertz CT molecular complexity index is 6000. The molecule has 0 radical (unpaired) electrons. The molecule has 0 aromatic heterocycles. The lowest BCUT2D eigenvalue weighted by Gasteiger charge is -2.37. The molecule has 0 amide bonds. The Morgan fingerprint density at radius 3 is 0.993 bits per heavy atom. The number of anilines is 6. The van der Waals surface area contributed by atoms with Crippen LogP contribution in [0.15, 0.2) is 133 Å². The van der Waals surface area contributed by atoms with Crippen LogP contribution in [-0.4, -0.2) is 235 Å². The number of amidine groups is 6. The molecule has 0 spiro atoms. The summed E-state index contributed by atoms with van der Waals surface area (Å²) in [5.74, 6) is 9.56. The highest BCUT2D eigenvalue weighted by atomic mass is 16.3. The minimum Gasteiger partial charge on any atom is -0.870 e. The second-order valence-electron chi connectivity index (χ2n) is 41.5. The lowest BCUT2D eigenvalue weighted by molar-refractivity contribution is -0.533. The molecule has 9 aromatic rings. The number of phenolic OH excluding ortho intramolecular Hbond substituents is 6. The molecule has 2 atom stereocenters. The first-order valence-electron chi connectivity index (χ1n) is 56.0. The van der Waals surface area contributed by atoms with Crippen molar-refractivity contribution in [3.8, 4) is 69.0 Å². The molecule has 145 heavy (non-hydrogen) atoms. The van der Waals surface area contributed by atoms with E-state index < -0.39 is 0 Å². The van der Waals surface area contributed by atoms with Gasteiger partial charge < -0.3 is 61.3 Å². The predicted octanol–water partition coefficient (Wildman–Crippen LogP) is 19.1. The summed E-state index contributed by atoms with van der Waals surface area (Å²) in [7, 11) is 0. The van der Waals surface area contributed by atoms with Crippen LogP contribution >= 0.6 is 0 Å². The van der Waals surface area contributed by atoms with Gasteiger partial charge in [-0.3, -0.25) is 32.4 Å². The fourth-order valence-corrected chi connectivity index (χ4v) is 24.3. The van der Waals surface area contributed by atoms with Gasteiger partial charge in [0.15, 0.2) is 0 Å². The van der Waals surface area contributed by atoms with E-state index in [2.05, 4.69) is 82.5 Å². The number of hydrogen-bond acceptors (Lipinski definition) is 19. The Morgan fingerprint density at radius 1 is 0.290 bits per heavy atom. The number of hydrogen-bond donors (Lipinski definition) is 6. The third-order valence-corrected chi connectivity index (χ3v) is 31.9. The summed E-state index contributed by atoms with van der Waals surface area (Å²) in [6, 6.07) is 38.3. The van der Waals surface area contributed by atoms with Gasteiger partial charge in [0.05, 0.1) is 124 Å². The minimum atomic E-state index is -0.00334. The molecule has 25 heteroatoms. The van der Waals surface area contributed by atoms with Crippen LogP contribution in [-0.2, 0) is 0 Å². The number of phenols is 6. The summed E-state index contributed by atoms with van der Waals surface area (Å²) in [5.41, 5.74) is 5.18. The van der Waals surface area contributed by atoms with E-state index >= 15 is 0 Å². The van der Waals surface area contributed by atoms with E-state index in [0.717, 1.165) is 202 Å². The summed E-state index contributed by atoms with van der Waals surface area (Å²) >= 11 is 0. The Balaban J connectivity index is 0.000000132. The molecule has 0 saturated carbocycles. The second kappa shape index (κ2) is 52.5. The Kier molecular flexibility index (Phi) is 38.8. The van der Waals surface area contributed by atoms with Crippen LogP contribution in [0.25, 0.3) is 32.3 Å². The predicted molar refractivity (Wildman–Crippen MR) is 579 cm³/mol. The van der Waals surface area contributed by atoms with Crippen molar-refractivity contribution >= 4 is 101 Å². The number of benzene rings is 9. The van der Waals surface area contributed by atoms with Crippen molar-refractivity contribution < 1.29 is 88.7 Å². The molecule has 0 aliphatic carbocycles. The molecule has 21 rings (SSSR count). The monoisotopic (exact) mass is 1980 g/mol. The van der Waals surface area contributed by atoms with Crippen LogP contribution in [0.4, 0.5) is 34.1 Å². The highest BCUT2D eigenvalue weighted by Crippen LogP contribution is 2.47. The van der Waals surface area contributed by atoms with E-state index in [0.29, 0.717) is 89.5 Å². The maximum atomic E-state index is 13.6. The van der Waals surface area contributed by atoms with Gasteiger partial charge in [0.2, 0.25) is 0 Å². The zero-order chi connectivity index (χ0) is 102. The molecule has 6 N–H and O–H groups in total. The third-order valence-electron chi connectivity index (χ3n) is 31.9. The first-order chi connectivity index (χ1) is 70.7. The Labute approximate surface area is 861 Å². The average Bonchev–Trinajstić information content (AvgIpc) is 1.61. The number of rotatable bonds is 18. The van der Waals surface area contributed by atoms with Crippen LogP contribution in [0, 0.1) is 19.8 Å². The van der Waals surface area contributed by atoms with Gasteiger partial charge in [0.25, 0.3) is 35.0 Å². The molecule has 9 aromatic carbocycles. The van der Waals surface area contributed by atoms with Crippen molar-refractivity contribution in [3.05, 3.63) is 145 Å². The molecular formula is C120H165N13O12. The van der Waals surface area contributed by atoms with Gasteiger partial charge in [-0.05, 0) is 201 Å². The molecular weight excluding hydrogens is 1820 g/mol. The van der Waals surface area contributed by atoms with Crippen molar-refractivity contribution in [1.29, 1.82) is 0 Å². The summed E-state index contributed by atoms with van der Waals surface area (Å²) in [4.78, 5) is 15.8. The second-order valence-corrected chi connectivity index (χ2v) is 41.5. The van der Waals surface area contributed by atoms with E-state index in [-0.39, 0.29) is 69.0 Å². The van der Waals surface area contributed by atoms with E-state index in [9.17, 15) is 61.3 Å². The van der Waals surface area contributed by atoms with Gasteiger partial charge >= 0.3 is 0 Å². The van der Waals surface area contributed by atoms with Crippen molar-refractivity contribution in [2.75, 3.05) is 160 Å². The van der Waals surface area contributed by atoms with Crippen molar-refractivity contribution in [2.45, 2.75) is 292 Å². The molecule has 0 fully saturated rings. The van der Waals surface area contributed by atoms with Gasteiger partial charge in [0.1, 0.15) is 74.7 Å². The van der Waals surface area contributed by atoms with Crippen molar-refractivity contribution in [3.63, 3.8) is 0 Å². The molecule has 782 valence electrons. The lowest BCUT2D eigenvalue weighted by atomic mass is 9.92. The molecule has 25 nitrogen and oxygen atoms in total. The zero-order valence-corrected chi connectivity index (χ0v) is 88.1. The van der Waals surface area contributed by atoms with Crippen LogP contribution in [0.2, 0.25) is 0 Å². The minimum absolute atomic E-state index is 0.00334. The summed E-state index contributed by atoms with van der Waals surface area (Å²) in [6.45, 7) is 34.9. The number of nitrogens with zero attached hydrogens (tertiary/aromatic N) is 13. The number of aromatic hydroxyl groups is 6. The molecule has 2 unspecified atom stereocenters. The van der Waals surface area contributed by atoms with E-state index in [1.807, 2.05) is 74.5 Å². The maximum Gasteiger partial charge on any atom is 0.269 e. The van der Waals surface area contributed by atoms with E-state index in [1.54, 1.807) is 62.4 Å². The quantitative estimate of drug-likeness (QED) is 0.0343. The fraction of sp³-hybridized carbons (Fsp3) is 0.550. The van der Waals surface area contributed by atoms with Gasteiger partial charge in [0, 0.05) is 117 Å². The summed E-state index contributed by atoms with van der Waals surface area (Å²) in [5, 5.41) is 141. The third kappa shape index (κ3) is 25.7. The normalized spacial score (nSPS) is 19.4. The summed E-state index contributed by atoms with van der Waals surface area (Å²) in [6.07, 6.45) is 43.6. The fourth-order valence-electron chi connectivity index (χ4n) is 24.3. The average molecular weight is 1980 g/mol. The highest BCUT2D eigenvalue weighted by Gasteiger charge is 2.43. The highest BCUT2D eigenvalue weighted by molar-refractivity contribution is 6.08. The molecule has 0 bridgehead atoms. The molecule has 0 saturated heterocycles. The smallest absolute Gasteiger partial charge is 0.269 e. The standard InChI is InChI=1S/C27H39N3O2.C25H34N2O2.C19H22N2O2.C17H24N2O2.2C15H20N2O2.C2H6/c1-3-5-15-28(16-6-4-2)23-14-9-10-17-29-18-11-19-30(27(23)29)24-20-25(31)21-12-7-8-13-22(21)26(24)32;1-2-3-4-5-11-19-12-8-9-15-26-16-10-17-27(25(19)26)22-18-23(28)20-13-6-7-14-21(20)24(22)29;22-17-13-16(19(23)15-8-4-3-7-14(15)17)21-12-6-11-20-10-5-1-2-9-18(20)21;1-12-13(2)17(21)14(11-15(12)20)19-10-6-9-18-8-5-3-4-7-16(18)19;2*18-12-6-7-14(19)13(11-12)17-10-4-9-16-8-3-1-2-5-15(16)17;1-2/h7-8,12-13,20,23H,3-6,9-11,14-19H2,1-2H3,(H-,31,32);6-7,13-14,18-19H,2-5,8-12,15-17H2,1H3,(H-,28,29);3-4,7-8,13H,1-2,5-6,9-12H2,(H-,22,23);11H,3-10H2,1-2H3,(H-,20,21);2*6-7,11H,1-5,8-10H2,(H-,18,19);1-2H3. The first kappa shape index (κ1) is 107. The van der Waals surface area contributed by atoms with Crippen LogP contribution in [0.5, 0.6) is 69.0 Å². The molecule has 12 aliphatic rings. The molecule has 12 heterocycles. The Morgan fingerprint density at radius 2 is 0.600 bits per heavy atom. The van der Waals surface area contributed by atoms with Gasteiger partial charge in [-0.15, -0.1) is 0 Å². The molecule has 12 aliphatic heterocycles. The summed E-state index contributed by atoms with van der Waals surface area (Å²) < 4.78 is 14.8.